The van der Waals surface area contributed by atoms with Crippen LogP contribution in [0.1, 0.15) is 71.1 Å². The fraction of sp³-hybridized carbons (Fsp3) is 0.750. The van der Waals surface area contributed by atoms with Crippen LogP contribution in [0.5, 0.6) is 5.75 Å². The normalized spacial score (nSPS) is 27.3. The van der Waals surface area contributed by atoms with E-state index in [4.69, 9.17) is 9.47 Å². The van der Waals surface area contributed by atoms with Crippen molar-refractivity contribution in [2.75, 3.05) is 13.2 Å². The number of rotatable bonds is 10. The molecule has 2 fully saturated rings. The van der Waals surface area contributed by atoms with Crippen molar-refractivity contribution in [3.05, 3.63) is 29.8 Å². The van der Waals surface area contributed by atoms with E-state index in [9.17, 15) is 17.6 Å². The summed E-state index contributed by atoms with van der Waals surface area (Å²) in [7, 11) is 0. The summed E-state index contributed by atoms with van der Waals surface area (Å²) in [6.07, 6.45) is 4.65. The first-order valence-corrected chi connectivity index (χ1v) is 11.6. The van der Waals surface area contributed by atoms with Gasteiger partial charge in [0, 0.05) is 17.9 Å². The fourth-order valence-electron chi connectivity index (χ4n) is 4.56. The predicted octanol–water partition coefficient (Wildman–Crippen LogP) is 7.09. The Hall–Kier alpha value is -1.34. The van der Waals surface area contributed by atoms with Gasteiger partial charge in [0.15, 0.2) is 17.9 Å². The van der Waals surface area contributed by atoms with Crippen molar-refractivity contribution in [3.8, 4) is 5.75 Å². The highest BCUT2D eigenvalue weighted by Crippen LogP contribution is 2.38. The molecular weight excluding hydrogens is 412 g/mol. The predicted molar refractivity (Wildman–Crippen MR) is 110 cm³/mol. The Labute approximate surface area is 182 Å². The Bertz CT molecular complexity index is 669. The maximum atomic E-state index is 14.1. The van der Waals surface area contributed by atoms with E-state index >= 15 is 0 Å². The van der Waals surface area contributed by atoms with Crippen LogP contribution in [0.3, 0.4) is 0 Å². The van der Waals surface area contributed by atoms with E-state index in [1.807, 2.05) is 0 Å². The third kappa shape index (κ3) is 7.63. The molecule has 1 aromatic rings. The second kappa shape index (κ2) is 11.5. The lowest BCUT2D eigenvalue weighted by Gasteiger charge is -2.37. The minimum absolute atomic E-state index is 0.165. The van der Waals surface area contributed by atoms with Crippen LogP contribution in [0.25, 0.3) is 0 Å². The van der Waals surface area contributed by atoms with Gasteiger partial charge < -0.3 is 14.2 Å². The van der Waals surface area contributed by atoms with Gasteiger partial charge in [-0.1, -0.05) is 26.2 Å². The Morgan fingerprint density at radius 2 is 1.65 bits per heavy atom. The SMILES string of the molecule is CCCCCC1COC(C2CCC(CCC(F)(F)Oc3ccc(F)c(F)c3)CC2)OC1. The minimum Gasteiger partial charge on any atom is -0.432 e. The Balaban J connectivity index is 1.35. The molecule has 0 radical (unpaired) electrons. The second-order valence-electron chi connectivity index (χ2n) is 9.03. The van der Waals surface area contributed by atoms with E-state index in [1.54, 1.807) is 0 Å². The average Bonchev–Trinajstić information content (AvgIpc) is 2.76. The van der Waals surface area contributed by atoms with Crippen LogP contribution in [0.4, 0.5) is 17.6 Å². The lowest BCUT2D eigenvalue weighted by Crippen LogP contribution is -2.38. The number of hydrogen-bond acceptors (Lipinski definition) is 3. The summed E-state index contributed by atoms with van der Waals surface area (Å²) < 4.78 is 71.0. The number of unbranched alkanes of at least 4 members (excludes halogenated alkanes) is 2. The van der Waals surface area contributed by atoms with Crippen LogP contribution >= 0.6 is 0 Å². The molecular formula is C24H34F4O3. The molecule has 3 nitrogen and oxygen atoms in total. The molecule has 3 rings (SSSR count). The van der Waals surface area contributed by atoms with Crippen molar-refractivity contribution < 1.29 is 31.8 Å². The van der Waals surface area contributed by atoms with Crippen LogP contribution in [0, 0.1) is 29.4 Å². The first-order valence-electron chi connectivity index (χ1n) is 11.6. The average molecular weight is 447 g/mol. The number of hydrogen-bond donors (Lipinski definition) is 0. The third-order valence-electron chi connectivity index (χ3n) is 6.49. The maximum Gasteiger partial charge on any atom is 0.397 e. The van der Waals surface area contributed by atoms with Gasteiger partial charge in [-0.05, 0) is 56.6 Å². The van der Waals surface area contributed by atoms with Crippen molar-refractivity contribution in [2.45, 2.75) is 83.5 Å². The smallest absolute Gasteiger partial charge is 0.397 e. The summed E-state index contributed by atoms with van der Waals surface area (Å²) in [5, 5.41) is 0. The highest BCUT2D eigenvalue weighted by molar-refractivity contribution is 5.23. The van der Waals surface area contributed by atoms with E-state index in [2.05, 4.69) is 11.7 Å². The molecule has 1 aromatic carbocycles. The maximum absolute atomic E-state index is 14.1. The number of ether oxygens (including phenoxy) is 3. The van der Waals surface area contributed by atoms with Crippen molar-refractivity contribution in [2.24, 2.45) is 17.8 Å². The van der Waals surface area contributed by atoms with Gasteiger partial charge in [-0.3, -0.25) is 0 Å². The van der Waals surface area contributed by atoms with Gasteiger partial charge in [0.05, 0.1) is 19.6 Å². The topological polar surface area (TPSA) is 27.7 Å². The van der Waals surface area contributed by atoms with Crippen molar-refractivity contribution in [3.63, 3.8) is 0 Å². The Morgan fingerprint density at radius 1 is 0.935 bits per heavy atom. The number of halogens is 4. The van der Waals surface area contributed by atoms with Gasteiger partial charge >= 0.3 is 6.11 Å². The van der Waals surface area contributed by atoms with Crippen LogP contribution in [0.15, 0.2) is 18.2 Å². The molecule has 2 aliphatic rings. The van der Waals surface area contributed by atoms with E-state index in [0.29, 0.717) is 24.3 Å². The Morgan fingerprint density at radius 3 is 2.29 bits per heavy atom. The molecule has 0 bridgehead atoms. The molecule has 1 saturated heterocycles. The summed E-state index contributed by atoms with van der Waals surface area (Å²) >= 11 is 0. The van der Waals surface area contributed by atoms with Gasteiger partial charge in [0.1, 0.15) is 5.75 Å². The van der Waals surface area contributed by atoms with Crippen molar-refractivity contribution in [1.29, 1.82) is 0 Å². The van der Waals surface area contributed by atoms with Crippen molar-refractivity contribution >= 4 is 0 Å². The van der Waals surface area contributed by atoms with Crippen molar-refractivity contribution in [1.82, 2.24) is 0 Å². The summed E-state index contributed by atoms with van der Waals surface area (Å²) in [6.45, 7) is 3.70. The molecule has 0 atom stereocenters. The lowest BCUT2D eigenvalue weighted by molar-refractivity contribution is -0.230. The minimum atomic E-state index is -3.41. The zero-order valence-corrected chi connectivity index (χ0v) is 18.3. The molecule has 7 heteroatoms. The summed E-state index contributed by atoms with van der Waals surface area (Å²) in [6, 6.07) is 2.44. The number of benzene rings is 1. The highest BCUT2D eigenvalue weighted by atomic mass is 19.3. The van der Waals surface area contributed by atoms with Gasteiger partial charge in [0.25, 0.3) is 0 Å². The molecule has 1 aliphatic carbocycles. The molecule has 31 heavy (non-hydrogen) atoms. The van der Waals surface area contributed by atoms with E-state index in [-0.39, 0.29) is 18.0 Å². The number of alkyl halides is 2. The first-order chi connectivity index (χ1) is 14.9. The first kappa shape index (κ1) is 24.3. The molecule has 0 aromatic heterocycles. The highest BCUT2D eigenvalue weighted by Gasteiger charge is 2.36. The summed E-state index contributed by atoms with van der Waals surface area (Å²) in [4.78, 5) is 0. The van der Waals surface area contributed by atoms with Crippen LogP contribution < -0.4 is 4.74 Å². The molecule has 176 valence electrons. The summed E-state index contributed by atoms with van der Waals surface area (Å²) in [5.74, 6) is -1.66. The van der Waals surface area contributed by atoms with E-state index in [1.165, 1.54) is 19.3 Å². The quantitative estimate of drug-likeness (QED) is 0.284. The van der Waals surface area contributed by atoms with E-state index < -0.39 is 24.2 Å². The van der Waals surface area contributed by atoms with E-state index in [0.717, 1.165) is 57.5 Å². The largest absolute Gasteiger partial charge is 0.432 e. The van der Waals surface area contributed by atoms with Crippen LogP contribution in [-0.4, -0.2) is 25.6 Å². The molecule has 0 amide bonds. The van der Waals surface area contributed by atoms with Gasteiger partial charge in [0.2, 0.25) is 0 Å². The van der Waals surface area contributed by atoms with Crippen LogP contribution in [-0.2, 0) is 9.47 Å². The summed E-state index contributed by atoms with van der Waals surface area (Å²) in [5.41, 5.74) is 0. The lowest BCUT2D eigenvalue weighted by atomic mass is 9.79. The Kier molecular flexibility index (Phi) is 9.02. The molecule has 1 heterocycles. The zero-order chi connectivity index (χ0) is 22.3. The standard InChI is InChI=1S/C24H34F4O3/c1-2-3-4-5-18-15-29-23(30-16-18)19-8-6-17(7-9-19)12-13-24(27,28)31-20-10-11-21(25)22(26)14-20/h10-11,14,17-19,23H,2-9,12-13,15-16H2,1H3. The molecule has 0 unspecified atom stereocenters. The molecule has 0 spiro atoms. The van der Waals surface area contributed by atoms with Crippen LogP contribution in [0.2, 0.25) is 0 Å². The molecule has 1 saturated carbocycles. The van der Waals surface area contributed by atoms with Gasteiger partial charge in [-0.2, -0.15) is 8.78 Å². The second-order valence-corrected chi connectivity index (χ2v) is 9.03. The third-order valence-corrected chi connectivity index (χ3v) is 6.49. The van der Waals surface area contributed by atoms with Gasteiger partial charge in [-0.15, -0.1) is 0 Å². The molecule has 1 aliphatic heterocycles. The zero-order valence-electron chi connectivity index (χ0n) is 18.3. The molecule has 0 N–H and O–H groups in total. The fourth-order valence-corrected chi connectivity index (χ4v) is 4.56. The van der Waals surface area contributed by atoms with Gasteiger partial charge in [-0.25, -0.2) is 8.78 Å². The monoisotopic (exact) mass is 446 g/mol.